The van der Waals surface area contributed by atoms with Gasteiger partial charge in [-0.15, -0.1) is 10.1 Å². The van der Waals surface area contributed by atoms with E-state index in [1.807, 2.05) is 27.7 Å². The number of carbonyl (C=O) groups excluding carboxylic acids is 13. The Morgan fingerprint density at radius 1 is 0.419 bits per heavy atom. The number of allylic oxidation sites excluding steroid dienone is 2. The highest BCUT2D eigenvalue weighted by molar-refractivity contribution is 7.91. The zero-order valence-corrected chi connectivity index (χ0v) is 84.1. The van der Waals surface area contributed by atoms with Crippen molar-refractivity contribution in [2.75, 3.05) is 157 Å². The highest BCUT2D eigenvalue weighted by atomic mass is 32.2. The van der Waals surface area contributed by atoms with Gasteiger partial charge in [0.2, 0.25) is 20.0 Å². The summed E-state index contributed by atoms with van der Waals surface area (Å²) in [6.45, 7) is 15.6. The number of esters is 1. The van der Waals surface area contributed by atoms with Crippen molar-refractivity contribution < 1.29 is 201 Å². The number of carbonyl (C=O) groups is 9. The Bertz CT molecular complexity index is 5660. The van der Waals surface area contributed by atoms with Gasteiger partial charge >= 0.3 is 30.2 Å². The Kier molecular flexibility index (Phi) is 60.0. The molecule has 8 rings (SSSR count). The van der Waals surface area contributed by atoms with E-state index < -0.39 is 148 Å². The number of hydrogen-bond donors (Lipinski definition) is 8. The van der Waals surface area contributed by atoms with Gasteiger partial charge in [-0.2, -0.15) is 19.2 Å². The number of hydroxylamine groups is 4. The number of amides is 5. The van der Waals surface area contributed by atoms with Gasteiger partial charge < -0.3 is 103 Å². The van der Waals surface area contributed by atoms with E-state index in [1.165, 1.54) is 103 Å². The summed E-state index contributed by atoms with van der Waals surface area (Å²) >= 11 is 0. The minimum atomic E-state index is -3.93. The average Bonchev–Trinajstić information content (AvgIpc) is 0.953. The average molecular weight is 2160 g/mol. The summed E-state index contributed by atoms with van der Waals surface area (Å²) in [4.78, 5) is 146. The highest BCUT2D eigenvalue weighted by Crippen LogP contribution is 2.34. The molecule has 0 radical (unpaired) electrons. The number of nitrogens with two attached hydrogens (primary N) is 1. The fraction of sp³-hybridized carbons (Fsp3) is 0.448. The first-order valence-corrected chi connectivity index (χ1v) is 50.3. The van der Waals surface area contributed by atoms with Crippen LogP contribution in [0.25, 0.3) is 18.2 Å². The number of imide groups is 2. The fourth-order valence-electron chi connectivity index (χ4n) is 11.9. The predicted molar refractivity (Wildman–Crippen MR) is 506 cm³/mol. The number of halogens is 5. The number of nitrogens with one attached hydrogen (secondary N) is 3. The molecule has 148 heavy (non-hydrogen) atoms. The van der Waals surface area contributed by atoms with Crippen LogP contribution in [0, 0.1) is 29.1 Å². The zero-order valence-electron chi connectivity index (χ0n) is 81.6. The van der Waals surface area contributed by atoms with Crippen LogP contribution in [0.2, 0.25) is 0 Å². The SMILES string of the molecule is CC/C(C)=C/c1cc(F)c(Oc2ccc(S(=O)(=O)NCCOCCOCCOCCN)cc2)c(F)c1.CCOC(=O)/C(C)=C/c1ccc(Oc2ccc(S(=O)(=O)CCCOCCOCCOCCCC(=O)[C@H](O)[C@@H](O)C(=O)NCCOCCOCCOCCNS(=O)(=O)c3ccc(Oc4c(F)cc(/C=C(\C)CC)cc4F)cc3)cc2)c(F)c1.O=C(ON1C(=O)CCC1=O)[C@H](O)[C@@H](O)C(=O)ON1C(=O)CCC1=O.O=C=O.O=C=O. The van der Waals surface area contributed by atoms with Gasteiger partial charge in [0.1, 0.15) is 23.4 Å². The second kappa shape index (κ2) is 69.6. The van der Waals surface area contributed by atoms with Gasteiger partial charge in [0.25, 0.3) is 29.5 Å². The summed E-state index contributed by atoms with van der Waals surface area (Å²) in [5.41, 5.74) is 8.73. The third-order valence-corrected chi connectivity index (χ3v) is 24.4. The molecule has 814 valence electrons. The minimum Gasteiger partial charge on any atom is -0.463 e. The molecule has 6 aromatic carbocycles. The lowest BCUT2D eigenvalue weighted by Gasteiger charge is -2.19. The topological polar surface area (TPSA) is 612 Å². The molecule has 5 amide bonds. The molecule has 2 aliphatic heterocycles. The van der Waals surface area contributed by atoms with Crippen molar-refractivity contribution in [1.82, 2.24) is 24.9 Å². The summed E-state index contributed by atoms with van der Waals surface area (Å²) in [5, 5.41) is 42.0. The van der Waals surface area contributed by atoms with E-state index in [1.54, 1.807) is 32.1 Å². The van der Waals surface area contributed by atoms with Gasteiger partial charge in [0, 0.05) is 77.1 Å². The number of aliphatic hydroxyl groups is 4. The Hall–Kier alpha value is -12.6. The number of rotatable bonds is 63. The third kappa shape index (κ3) is 47.7. The molecular formula is C96H119F5N6O38S3. The van der Waals surface area contributed by atoms with Crippen LogP contribution in [0.1, 0.15) is 116 Å². The first-order chi connectivity index (χ1) is 70.5. The van der Waals surface area contributed by atoms with Crippen LogP contribution in [0.5, 0.6) is 34.5 Å². The molecule has 0 saturated carbocycles. The van der Waals surface area contributed by atoms with Crippen LogP contribution >= 0.6 is 0 Å². The first-order valence-electron chi connectivity index (χ1n) is 45.7. The number of nitrogens with zero attached hydrogens (tertiary/aromatic N) is 2. The van der Waals surface area contributed by atoms with Crippen molar-refractivity contribution in [3.05, 3.63) is 178 Å². The monoisotopic (exact) mass is 2150 g/mol. The standard InChI is InChI=1S/C57H73F3N2O18S2.C25H34F2N2O6S.C12H12N2O10.2CO2/c1-5-40(3)35-43-38-49(59)55(50(60)39-43)80-45-13-17-47(18-14-45)82(70,71)62-21-25-75-29-33-77-32-28-74-24-20-61-56(66)54(65)53(64)51(63)9-7-22-72-26-30-76-31-27-73-23-8-34-81(68,69)46-15-11-44(12-16-46)79-52-19-10-42(37-48(52)58)36-41(4)57(67)78-6-2;1-3-19(2)16-20-17-23(26)25(24(27)18-20)35-21-4-6-22(7-5-21)36(30,31)29-9-11-33-13-15-34-14-12-32-10-8-28;15-5-1-2-6(16)13(5)23-11(21)9(19)10(20)12(22)24-14-7(17)3-4-8(14)18;2*2-1-3/h10-19,35-39,53-54,62,64-65H,5-9,20-34H2,1-4H3,(H,61,66);4-7,16-18,29H,3,8-15,28H2,1-2H3;9-10,19-20H,1-4H2;;/b40-35+,41-36+;19-16+;;;/t53-,54+;;9-,10-;;/m0.1../s1. The number of Topliss-reactive ketones (excluding diaryl/α,β-unsaturated/α-hetero) is 1. The molecule has 0 spiro atoms. The summed E-state index contributed by atoms with van der Waals surface area (Å²) < 4.78 is 223. The molecule has 0 aromatic heterocycles. The number of sulfone groups is 1. The molecule has 0 bridgehead atoms. The molecule has 0 unspecified atom stereocenters. The molecule has 2 saturated heterocycles. The lowest BCUT2D eigenvalue weighted by Crippen LogP contribution is -2.47. The lowest BCUT2D eigenvalue weighted by molar-refractivity contribution is -0.216. The maximum absolute atomic E-state index is 14.7. The van der Waals surface area contributed by atoms with E-state index in [0.29, 0.717) is 61.8 Å². The normalized spacial score (nSPS) is 13.6. The second-order valence-electron chi connectivity index (χ2n) is 30.8. The van der Waals surface area contributed by atoms with Crippen molar-refractivity contribution in [2.24, 2.45) is 5.73 Å². The quantitative estimate of drug-likeness (QED) is 0.00663. The van der Waals surface area contributed by atoms with Crippen molar-refractivity contribution >= 4 is 114 Å². The van der Waals surface area contributed by atoms with Gasteiger partial charge in [-0.25, -0.2) is 71.0 Å². The number of sulfonamides is 2. The van der Waals surface area contributed by atoms with E-state index in [4.69, 9.17) is 86.5 Å². The molecule has 2 fully saturated rings. The maximum Gasteiger partial charge on any atom is 0.373 e. The Morgan fingerprint density at radius 2 is 0.757 bits per heavy atom. The van der Waals surface area contributed by atoms with E-state index in [9.17, 15) is 111 Å². The van der Waals surface area contributed by atoms with E-state index in [0.717, 1.165) is 36.1 Å². The van der Waals surface area contributed by atoms with Gasteiger partial charge in [-0.1, -0.05) is 43.2 Å². The second-order valence-corrected chi connectivity index (χ2v) is 36.5. The van der Waals surface area contributed by atoms with Crippen LogP contribution in [-0.4, -0.2) is 303 Å². The predicted octanol–water partition coefficient (Wildman–Crippen LogP) is 6.51. The Morgan fingerprint density at radius 3 is 1.12 bits per heavy atom. The van der Waals surface area contributed by atoms with E-state index >= 15 is 0 Å². The van der Waals surface area contributed by atoms with Crippen LogP contribution in [0.3, 0.4) is 0 Å². The summed E-state index contributed by atoms with van der Waals surface area (Å²) in [6, 6.07) is 24.7. The van der Waals surface area contributed by atoms with Crippen LogP contribution in [-0.2, 0) is 149 Å². The zero-order chi connectivity index (χ0) is 110. The van der Waals surface area contributed by atoms with Crippen LogP contribution < -0.4 is 34.7 Å². The smallest absolute Gasteiger partial charge is 0.373 e. The molecular weight excluding hydrogens is 2040 g/mol. The minimum absolute atomic E-state index is 0.0212. The molecule has 9 N–H and O–H groups in total. The lowest BCUT2D eigenvalue weighted by atomic mass is 10.1. The number of hydrogen-bond acceptors (Lipinski definition) is 39. The highest BCUT2D eigenvalue weighted by Gasteiger charge is 2.42. The number of aliphatic hydroxyl groups excluding tert-OH is 4. The van der Waals surface area contributed by atoms with Crippen molar-refractivity contribution in [3.63, 3.8) is 0 Å². The molecule has 2 heterocycles. The van der Waals surface area contributed by atoms with Crippen LogP contribution in [0.4, 0.5) is 22.0 Å². The van der Waals surface area contributed by atoms with Gasteiger partial charge in [0.05, 0.1) is 133 Å². The van der Waals surface area contributed by atoms with Gasteiger partial charge in [-0.3, -0.25) is 28.8 Å². The summed E-state index contributed by atoms with van der Waals surface area (Å²) in [6.07, 6.45) is -2.57. The van der Waals surface area contributed by atoms with Gasteiger partial charge in [0.15, 0.2) is 80.3 Å². The summed E-state index contributed by atoms with van der Waals surface area (Å²) in [7, 11) is -11.4. The molecule has 0 aliphatic carbocycles. The number of benzene rings is 6. The fourth-order valence-corrected chi connectivity index (χ4v) is 15.2. The number of ketones is 1. The first kappa shape index (κ1) is 128. The summed E-state index contributed by atoms with van der Waals surface area (Å²) in [5.74, 6) is -14.1. The van der Waals surface area contributed by atoms with Crippen molar-refractivity contribution in [2.45, 2.75) is 138 Å². The Balaban J connectivity index is 0.000000558. The van der Waals surface area contributed by atoms with Crippen molar-refractivity contribution in [3.8, 4) is 34.5 Å². The van der Waals surface area contributed by atoms with Crippen molar-refractivity contribution in [1.29, 1.82) is 0 Å². The molecule has 52 heteroatoms. The molecule has 6 aromatic rings. The van der Waals surface area contributed by atoms with Gasteiger partial charge in [-0.05, 0) is 185 Å². The number of ether oxygens (including phenoxy) is 13. The maximum atomic E-state index is 14.7. The third-order valence-electron chi connectivity index (χ3n) is 19.6. The molecule has 4 atom stereocenters. The molecule has 2 aliphatic rings. The van der Waals surface area contributed by atoms with E-state index in [2.05, 4.69) is 24.4 Å². The van der Waals surface area contributed by atoms with Crippen LogP contribution in [0.15, 0.2) is 147 Å². The van der Waals surface area contributed by atoms with E-state index in [-0.39, 0.29) is 223 Å². The molecule has 44 nitrogen and oxygen atoms in total. The largest absolute Gasteiger partial charge is 0.463 e. The Labute approximate surface area is 849 Å².